The number of aryl methyl sites for hydroxylation is 2. The van der Waals surface area contributed by atoms with Gasteiger partial charge in [-0.1, -0.05) is 13.0 Å². The molecule has 2 heterocycles. The van der Waals surface area contributed by atoms with Gasteiger partial charge in [-0.05, 0) is 31.7 Å². The Morgan fingerprint density at radius 2 is 2.24 bits per heavy atom. The van der Waals surface area contributed by atoms with E-state index in [1.54, 1.807) is 11.3 Å². The van der Waals surface area contributed by atoms with Gasteiger partial charge in [0.25, 0.3) is 0 Å². The van der Waals surface area contributed by atoms with E-state index in [2.05, 4.69) is 34.5 Å². The van der Waals surface area contributed by atoms with Crippen LogP contribution in [0.15, 0.2) is 17.5 Å². The lowest BCUT2D eigenvalue weighted by Gasteiger charge is -2.22. The van der Waals surface area contributed by atoms with Crippen LogP contribution in [0.1, 0.15) is 35.9 Å². The van der Waals surface area contributed by atoms with Gasteiger partial charge < -0.3 is 5.73 Å². The molecule has 0 aliphatic heterocycles. The van der Waals surface area contributed by atoms with Crippen LogP contribution in [0.4, 0.5) is 0 Å². The minimum absolute atomic E-state index is 0.0634. The fraction of sp³-hybridized carbons (Fsp3) is 0.500. The van der Waals surface area contributed by atoms with E-state index in [-0.39, 0.29) is 12.1 Å². The van der Waals surface area contributed by atoms with E-state index >= 15 is 0 Å². The lowest BCUT2D eigenvalue weighted by Crippen LogP contribution is -2.33. The Morgan fingerprint density at radius 3 is 2.71 bits per heavy atom. The highest BCUT2D eigenvalue weighted by Gasteiger charge is 2.24. The third kappa shape index (κ3) is 2.40. The number of rotatable bonds is 4. The van der Waals surface area contributed by atoms with E-state index in [0.717, 1.165) is 18.1 Å². The van der Waals surface area contributed by atoms with E-state index in [0.29, 0.717) is 0 Å². The van der Waals surface area contributed by atoms with Crippen molar-refractivity contribution in [3.63, 3.8) is 0 Å². The van der Waals surface area contributed by atoms with Crippen molar-refractivity contribution >= 4 is 11.3 Å². The number of hydrogen-bond donors (Lipinski definition) is 1. The number of nitrogens with two attached hydrogens (primary N) is 1. The fourth-order valence-electron chi connectivity index (χ4n) is 2.00. The van der Waals surface area contributed by atoms with E-state index in [1.165, 1.54) is 4.88 Å². The summed E-state index contributed by atoms with van der Waals surface area (Å²) in [5.41, 5.74) is 6.24. The standard InChI is InChI=1S/C12H18N4S/c1-4-10(13)12(11-6-5-7-17-11)16-9(3)14-8(2)15-16/h5-7,10,12H,4,13H2,1-3H3. The number of hydrogen-bond acceptors (Lipinski definition) is 4. The molecule has 17 heavy (non-hydrogen) atoms. The highest BCUT2D eigenvalue weighted by atomic mass is 32.1. The second kappa shape index (κ2) is 4.98. The van der Waals surface area contributed by atoms with Gasteiger partial charge in [0.2, 0.25) is 0 Å². The molecule has 0 bridgehead atoms. The van der Waals surface area contributed by atoms with Gasteiger partial charge >= 0.3 is 0 Å². The van der Waals surface area contributed by atoms with Crippen molar-refractivity contribution in [1.29, 1.82) is 0 Å². The normalized spacial score (nSPS) is 14.8. The summed E-state index contributed by atoms with van der Waals surface area (Å²) in [4.78, 5) is 5.60. The Hall–Kier alpha value is -1.20. The summed E-state index contributed by atoms with van der Waals surface area (Å²) in [6.45, 7) is 5.99. The Kier molecular flexibility index (Phi) is 3.59. The van der Waals surface area contributed by atoms with Gasteiger partial charge in [-0.2, -0.15) is 5.10 Å². The molecule has 2 aromatic rings. The maximum Gasteiger partial charge on any atom is 0.147 e. The van der Waals surface area contributed by atoms with Crippen LogP contribution < -0.4 is 5.73 Å². The first-order valence-electron chi connectivity index (χ1n) is 5.82. The van der Waals surface area contributed by atoms with Gasteiger partial charge in [0.1, 0.15) is 17.7 Å². The molecule has 2 rings (SSSR count). The average Bonchev–Trinajstić information content (AvgIpc) is 2.90. The van der Waals surface area contributed by atoms with Crippen LogP contribution in [0.2, 0.25) is 0 Å². The minimum atomic E-state index is 0.0634. The first-order chi connectivity index (χ1) is 8.13. The van der Waals surface area contributed by atoms with Crippen LogP contribution in [0.5, 0.6) is 0 Å². The lowest BCUT2D eigenvalue weighted by molar-refractivity contribution is 0.420. The molecule has 2 N–H and O–H groups in total. The van der Waals surface area contributed by atoms with Gasteiger partial charge in [-0.25, -0.2) is 9.67 Å². The first kappa shape index (κ1) is 12.3. The van der Waals surface area contributed by atoms with Crippen molar-refractivity contribution in [2.24, 2.45) is 5.73 Å². The van der Waals surface area contributed by atoms with E-state index in [4.69, 9.17) is 5.73 Å². The molecular formula is C12H18N4S. The molecule has 0 aliphatic rings. The Balaban J connectivity index is 2.44. The van der Waals surface area contributed by atoms with E-state index in [9.17, 15) is 0 Å². The van der Waals surface area contributed by atoms with E-state index < -0.39 is 0 Å². The molecule has 2 atom stereocenters. The van der Waals surface area contributed by atoms with E-state index in [1.807, 2.05) is 18.5 Å². The molecule has 0 radical (unpaired) electrons. The van der Waals surface area contributed by atoms with Crippen LogP contribution in [0.25, 0.3) is 0 Å². The zero-order chi connectivity index (χ0) is 12.4. The van der Waals surface area contributed by atoms with Crippen LogP contribution in [0, 0.1) is 13.8 Å². The zero-order valence-corrected chi connectivity index (χ0v) is 11.2. The molecule has 0 spiro atoms. The molecule has 0 aromatic carbocycles. The monoisotopic (exact) mass is 250 g/mol. The molecule has 0 amide bonds. The number of thiophene rings is 1. The molecule has 4 nitrogen and oxygen atoms in total. The summed E-state index contributed by atoms with van der Waals surface area (Å²) < 4.78 is 1.95. The maximum absolute atomic E-state index is 6.24. The lowest BCUT2D eigenvalue weighted by atomic mass is 10.1. The summed E-state index contributed by atoms with van der Waals surface area (Å²) in [6.07, 6.45) is 0.918. The van der Waals surface area contributed by atoms with Crippen molar-refractivity contribution in [1.82, 2.24) is 14.8 Å². The summed E-state index contributed by atoms with van der Waals surface area (Å²) in [5.74, 6) is 1.72. The molecule has 0 saturated heterocycles. The van der Waals surface area contributed by atoms with Crippen molar-refractivity contribution in [3.8, 4) is 0 Å². The topological polar surface area (TPSA) is 56.7 Å². The smallest absolute Gasteiger partial charge is 0.147 e. The van der Waals surface area contributed by atoms with Crippen LogP contribution in [-0.2, 0) is 0 Å². The predicted octanol–water partition coefficient (Wildman–Crippen LogP) is 2.28. The second-order valence-electron chi connectivity index (χ2n) is 4.18. The zero-order valence-electron chi connectivity index (χ0n) is 10.4. The molecule has 2 aromatic heterocycles. The molecule has 92 valence electrons. The first-order valence-corrected chi connectivity index (χ1v) is 6.70. The summed E-state index contributed by atoms with van der Waals surface area (Å²) in [6, 6.07) is 4.32. The van der Waals surface area contributed by atoms with Crippen molar-refractivity contribution < 1.29 is 0 Å². The summed E-state index contributed by atoms with van der Waals surface area (Å²) >= 11 is 1.72. The van der Waals surface area contributed by atoms with Crippen LogP contribution >= 0.6 is 11.3 Å². The van der Waals surface area contributed by atoms with Crippen LogP contribution in [-0.4, -0.2) is 20.8 Å². The van der Waals surface area contributed by atoms with Gasteiger partial charge in [-0.15, -0.1) is 11.3 Å². The highest BCUT2D eigenvalue weighted by Crippen LogP contribution is 2.27. The highest BCUT2D eigenvalue weighted by molar-refractivity contribution is 7.10. The van der Waals surface area contributed by atoms with Crippen molar-refractivity contribution in [3.05, 3.63) is 34.0 Å². The molecule has 2 unspecified atom stereocenters. The minimum Gasteiger partial charge on any atom is -0.326 e. The largest absolute Gasteiger partial charge is 0.326 e. The average molecular weight is 250 g/mol. The molecular weight excluding hydrogens is 232 g/mol. The second-order valence-corrected chi connectivity index (χ2v) is 5.16. The third-order valence-corrected chi connectivity index (χ3v) is 3.83. The maximum atomic E-state index is 6.24. The van der Waals surface area contributed by atoms with Crippen molar-refractivity contribution in [2.45, 2.75) is 39.3 Å². The SMILES string of the molecule is CCC(N)C(c1cccs1)n1nc(C)nc1C. The van der Waals surface area contributed by atoms with Gasteiger partial charge in [0, 0.05) is 10.9 Å². The third-order valence-electron chi connectivity index (χ3n) is 2.88. The molecule has 0 saturated carbocycles. The van der Waals surface area contributed by atoms with Crippen molar-refractivity contribution in [2.75, 3.05) is 0 Å². The Morgan fingerprint density at radius 1 is 1.47 bits per heavy atom. The molecule has 0 fully saturated rings. The van der Waals surface area contributed by atoms with Crippen LogP contribution in [0.3, 0.4) is 0 Å². The quantitative estimate of drug-likeness (QED) is 0.905. The predicted molar refractivity (Wildman–Crippen MR) is 70.2 cm³/mol. The van der Waals surface area contributed by atoms with Gasteiger partial charge in [0.05, 0.1) is 0 Å². The summed E-state index contributed by atoms with van der Waals surface area (Å²) in [5, 5.41) is 6.54. The Labute approximate surface area is 105 Å². The number of nitrogens with zero attached hydrogens (tertiary/aromatic N) is 3. The Bertz CT molecular complexity index is 475. The fourth-order valence-corrected chi connectivity index (χ4v) is 2.88. The van der Waals surface area contributed by atoms with Gasteiger partial charge in [0.15, 0.2) is 0 Å². The molecule has 5 heteroatoms. The number of aromatic nitrogens is 3. The van der Waals surface area contributed by atoms with Gasteiger partial charge in [-0.3, -0.25) is 0 Å². The molecule has 0 aliphatic carbocycles. The summed E-state index contributed by atoms with van der Waals surface area (Å²) in [7, 11) is 0.